The van der Waals surface area contributed by atoms with Crippen LogP contribution in [0.5, 0.6) is 0 Å². The van der Waals surface area contributed by atoms with Gasteiger partial charge in [0.05, 0.1) is 5.56 Å². The lowest BCUT2D eigenvalue weighted by Gasteiger charge is -2.14. The standard InChI is InChI=1S/C13H17BrN2O3/c1-4-16-12(17)8(3)19-13(18)10-5-9(14)6-11(15)7(10)2/h5-6,8H,4,15H2,1-3H3,(H,16,17). The van der Waals surface area contributed by atoms with Crippen LogP contribution >= 0.6 is 15.9 Å². The number of halogens is 1. The largest absolute Gasteiger partial charge is 0.449 e. The molecule has 1 atom stereocenters. The summed E-state index contributed by atoms with van der Waals surface area (Å²) in [5.41, 5.74) is 7.26. The Hall–Kier alpha value is -1.56. The van der Waals surface area contributed by atoms with E-state index in [0.29, 0.717) is 27.8 Å². The summed E-state index contributed by atoms with van der Waals surface area (Å²) in [6.07, 6.45) is -0.841. The van der Waals surface area contributed by atoms with Crippen molar-refractivity contribution in [3.63, 3.8) is 0 Å². The Morgan fingerprint density at radius 2 is 2.11 bits per heavy atom. The lowest BCUT2D eigenvalue weighted by atomic mass is 10.1. The Balaban J connectivity index is 2.87. The maximum atomic E-state index is 12.0. The van der Waals surface area contributed by atoms with Gasteiger partial charge in [-0.2, -0.15) is 0 Å². The van der Waals surface area contributed by atoms with Gasteiger partial charge in [0, 0.05) is 16.7 Å². The third kappa shape index (κ3) is 3.96. The summed E-state index contributed by atoms with van der Waals surface area (Å²) in [6, 6.07) is 3.33. The summed E-state index contributed by atoms with van der Waals surface area (Å²) in [4.78, 5) is 23.5. The highest BCUT2D eigenvalue weighted by atomic mass is 79.9. The smallest absolute Gasteiger partial charge is 0.339 e. The molecular formula is C13H17BrN2O3. The van der Waals surface area contributed by atoms with E-state index in [-0.39, 0.29) is 5.91 Å². The number of rotatable bonds is 4. The first kappa shape index (κ1) is 15.5. The lowest BCUT2D eigenvalue weighted by molar-refractivity contribution is -0.128. The second-order valence-corrected chi connectivity index (χ2v) is 5.03. The Kier molecular flexibility index (Phi) is 5.35. The van der Waals surface area contributed by atoms with Crippen LogP contribution in [0, 0.1) is 6.92 Å². The first-order chi connectivity index (χ1) is 8.86. The van der Waals surface area contributed by atoms with Crippen molar-refractivity contribution in [2.45, 2.75) is 26.9 Å². The van der Waals surface area contributed by atoms with Crippen molar-refractivity contribution in [1.82, 2.24) is 5.32 Å². The maximum absolute atomic E-state index is 12.0. The summed E-state index contributed by atoms with van der Waals surface area (Å²) >= 11 is 3.27. The average Bonchev–Trinajstić information content (AvgIpc) is 2.33. The van der Waals surface area contributed by atoms with E-state index in [1.165, 1.54) is 6.92 Å². The summed E-state index contributed by atoms with van der Waals surface area (Å²) in [5.74, 6) is -0.888. The van der Waals surface area contributed by atoms with Crippen molar-refractivity contribution in [2.24, 2.45) is 0 Å². The second kappa shape index (κ2) is 6.56. The quantitative estimate of drug-likeness (QED) is 0.654. The number of nitrogen functional groups attached to an aromatic ring is 1. The number of amides is 1. The third-order valence-electron chi connectivity index (χ3n) is 2.64. The van der Waals surface area contributed by atoms with Gasteiger partial charge in [-0.3, -0.25) is 4.79 Å². The van der Waals surface area contributed by atoms with E-state index in [4.69, 9.17) is 10.5 Å². The van der Waals surface area contributed by atoms with Crippen LogP contribution in [0.4, 0.5) is 5.69 Å². The number of carbonyl (C=O) groups is 2. The van der Waals surface area contributed by atoms with Gasteiger partial charge in [-0.25, -0.2) is 4.79 Å². The predicted molar refractivity (Wildman–Crippen MR) is 76.9 cm³/mol. The number of hydrogen-bond donors (Lipinski definition) is 2. The highest BCUT2D eigenvalue weighted by Gasteiger charge is 2.20. The zero-order chi connectivity index (χ0) is 14.6. The molecule has 0 fully saturated rings. The molecule has 0 saturated heterocycles. The van der Waals surface area contributed by atoms with Crippen LogP contribution in [0.15, 0.2) is 16.6 Å². The Labute approximate surface area is 120 Å². The van der Waals surface area contributed by atoms with Gasteiger partial charge >= 0.3 is 5.97 Å². The SMILES string of the molecule is CCNC(=O)C(C)OC(=O)c1cc(Br)cc(N)c1C. The monoisotopic (exact) mass is 328 g/mol. The molecule has 1 aromatic rings. The molecule has 1 rings (SSSR count). The molecule has 1 aromatic carbocycles. The van der Waals surface area contributed by atoms with Crippen LogP contribution < -0.4 is 11.1 Å². The molecule has 0 spiro atoms. The summed E-state index contributed by atoms with van der Waals surface area (Å²) in [7, 11) is 0. The number of anilines is 1. The van der Waals surface area contributed by atoms with E-state index in [1.807, 2.05) is 0 Å². The lowest BCUT2D eigenvalue weighted by Crippen LogP contribution is -2.35. The van der Waals surface area contributed by atoms with Crippen molar-refractivity contribution in [1.29, 1.82) is 0 Å². The van der Waals surface area contributed by atoms with E-state index in [0.717, 1.165) is 0 Å². The number of carbonyl (C=O) groups excluding carboxylic acids is 2. The minimum atomic E-state index is -0.841. The number of nitrogens with two attached hydrogens (primary N) is 1. The van der Waals surface area contributed by atoms with Crippen LogP contribution in [0.2, 0.25) is 0 Å². The highest BCUT2D eigenvalue weighted by molar-refractivity contribution is 9.10. The van der Waals surface area contributed by atoms with Crippen LogP contribution in [-0.2, 0) is 9.53 Å². The molecule has 0 aliphatic rings. The van der Waals surface area contributed by atoms with Crippen molar-refractivity contribution in [2.75, 3.05) is 12.3 Å². The molecule has 1 unspecified atom stereocenters. The Morgan fingerprint density at radius 3 is 2.68 bits per heavy atom. The van der Waals surface area contributed by atoms with Crippen LogP contribution in [0.3, 0.4) is 0 Å². The van der Waals surface area contributed by atoms with E-state index in [2.05, 4.69) is 21.2 Å². The van der Waals surface area contributed by atoms with Gasteiger partial charge in [-0.05, 0) is 38.5 Å². The fourth-order valence-electron chi connectivity index (χ4n) is 1.51. The number of hydrogen-bond acceptors (Lipinski definition) is 4. The molecule has 0 aromatic heterocycles. The van der Waals surface area contributed by atoms with Gasteiger partial charge in [-0.15, -0.1) is 0 Å². The van der Waals surface area contributed by atoms with E-state index < -0.39 is 12.1 Å². The fourth-order valence-corrected chi connectivity index (χ4v) is 1.98. The second-order valence-electron chi connectivity index (χ2n) is 4.11. The van der Waals surface area contributed by atoms with Gasteiger partial charge in [0.25, 0.3) is 5.91 Å². The molecule has 0 saturated carbocycles. The summed E-state index contributed by atoms with van der Waals surface area (Å²) in [6.45, 7) is 5.55. The van der Waals surface area contributed by atoms with E-state index >= 15 is 0 Å². The van der Waals surface area contributed by atoms with Crippen molar-refractivity contribution in [3.05, 3.63) is 27.7 Å². The molecule has 3 N–H and O–H groups in total. The molecule has 0 heterocycles. The van der Waals surface area contributed by atoms with E-state index in [1.54, 1.807) is 26.0 Å². The molecule has 104 valence electrons. The van der Waals surface area contributed by atoms with Crippen LogP contribution in [0.1, 0.15) is 29.8 Å². The van der Waals surface area contributed by atoms with Crippen molar-refractivity contribution >= 4 is 33.5 Å². The topological polar surface area (TPSA) is 81.4 Å². The van der Waals surface area contributed by atoms with Crippen molar-refractivity contribution in [3.8, 4) is 0 Å². The highest BCUT2D eigenvalue weighted by Crippen LogP contribution is 2.23. The van der Waals surface area contributed by atoms with Gasteiger partial charge in [-0.1, -0.05) is 15.9 Å². The van der Waals surface area contributed by atoms with Crippen molar-refractivity contribution < 1.29 is 14.3 Å². The fraction of sp³-hybridized carbons (Fsp3) is 0.385. The number of nitrogens with one attached hydrogen (secondary N) is 1. The van der Waals surface area contributed by atoms with E-state index in [9.17, 15) is 9.59 Å². The molecule has 19 heavy (non-hydrogen) atoms. The van der Waals surface area contributed by atoms with Gasteiger partial charge in [0.2, 0.25) is 0 Å². The predicted octanol–water partition coefficient (Wildman–Crippen LogP) is 2.02. The summed E-state index contributed by atoms with van der Waals surface area (Å²) < 4.78 is 5.80. The first-order valence-electron chi connectivity index (χ1n) is 5.91. The third-order valence-corrected chi connectivity index (χ3v) is 3.09. The van der Waals surface area contributed by atoms with Gasteiger partial charge in [0.15, 0.2) is 6.10 Å². The number of likely N-dealkylation sites (N-methyl/N-ethyl adjacent to an activating group) is 1. The minimum absolute atomic E-state index is 0.323. The molecule has 0 radical (unpaired) electrons. The Morgan fingerprint density at radius 1 is 1.47 bits per heavy atom. The average molecular weight is 329 g/mol. The van der Waals surface area contributed by atoms with Gasteiger partial charge in [0.1, 0.15) is 0 Å². The molecular weight excluding hydrogens is 312 g/mol. The number of ether oxygens (including phenoxy) is 1. The number of benzene rings is 1. The zero-order valence-corrected chi connectivity index (χ0v) is 12.7. The van der Waals surface area contributed by atoms with Crippen LogP contribution in [-0.4, -0.2) is 24.5 Å². The van der Waals surface area contributed by atoms with Crippen LogP contribution in [0.25, 0.3) is 0 Å². The summed E-state index contributed by atoms with van der Waals surface area (Å²) in [5, 5.41) is 2.59. The molecule has 5 nitrogen and oxygen atoms in total. The molecule has 1 amide bonds. The maximum Gasteiger partial charge on any atom is 0.339 e. The molecule has 0 aliphatic carbocycles. The molecule has 0 aliphatic heterocycles. The zero-order valence-electron chi connectivity index (χ0n) is 11.1. The normalized spacial score (nSPS) is 11.8. The Bertz CT molecular complexity index is 503. The number of esters is 1. The molecule has 6 heteroatoms. The minimum Gasteiger partial charge on any atom is -0.449 e. The molecule has 0 bridgehead atoms. The van der Waals surface area contributed by atoms with Gasteiger partial charge < -0.3 is 15.8 Å². The first-order valence-corrected chi connectivity index (χ1v) is 6.70.